The molecular weight excluding hydrogens is 184 g/mol. The minimum atomic E-state index is -0.294. The van der Waals surface area contributed by atoms with Crippen LogP contribution >= 0.6 is 12.6 Å². The third-order valence-corrected chi connectivity index (χ3v) is 2.72. The first-order valence-electron chi connectivity index (χ1n) is 4.98. The first-order chi connectivity index (χ1) is 6.09. The topological polar surface area (TPSA) is 26.3 Å². The standard InChI is InChI=1S/C10H18O2S/c1-7-4-3-5-9(6-7)12-10(11)8(2)13/h7-9,13H,3-6H2,1-2H3. The van der Waals surface area contributed by atoms with E-state index in [1.807, 2.05) is 0 Å². The van der Waals surface area contributed by atoms with Gasteiger partial charge >= 0.3 is 5.97 Å². The second-order valence-corrected chi connectivity index (χ2v) is 4.78. The molecule has 3 heteroatoms. The number of hydrogen-bond donors (Lipinski definition) is 1. The zero-order valence-electron chi connectivity index (χ0n) is 8.32. The van der Waals surface area contributed by atoms with Crippen LogP contribution < -0.4 is 0 Å². The van der Waals surface area contributed by atoms with E-state index in [2.05, 4.69) is 19.6 Å². The van der Waals surface area contributed by atoms with Gasteiger partial charge in [-0.2, -0.15) is 12.6 Å². The molecule has 0 aromatic rings. The molecule has 1 aliphatic rings. The Bertz CT molecular complexity index is 180. The Morgan fingerprint density at radius 3 is 2.77 bits per heavy atom. The van der Waals surface area contributed by atoms with E-state index >= 15 is 0 Å². The van der Waals surface area contributed by atoms with Crippen molar-refractivity contribution in [2.45, 2.75) is 50.9 Å². The van der Waals surface area contributed by atoms with Crippen molar-refractivity contribution in [3.63, 3.8) is 0 Å². The molecule has 1 fully saturated rings. The molecular formula is C10H18O2S. The molecule has 0 aromatic carbocycles. The molecule has 3 atom stereocenters. The fourth-order valence-electron chi connectivity index (χ4n) is 1.75. The molecule has 0 aromatic heterocycles. The summed E-state index contributed by atoms with van der Waals surface area (Å²) in [5, 5.41) is -0.294. The van der Waals surface area contributed by atoms with Gasteiger partial charge in [0.25, 0.3) is 0 Å². The summed E-state index contributed by atoms with van der Waals surface area (Å²) in [5.41, 5.74) is 0. The first-order valence-corrected chi connectivity index (χ1v) is 5.49. The van der Waals surface area contributed by atoms with Crippen LogP contribution in [0, 0.1) is 5.92 Å². The van der Waals surface area contributed by atoms with Gasteiger partial charge in [0.05, 0.1) is 5.25 Å². The highest BCUT2D eigenvalue weighted by Gasteiger charge is 2.23. The van der Waals surface area contributed by atoms with Crippen LogP contribution in [0.1, 0.15) is 39.5 Å². The van der Waals surface area contributed by atoms with Crippen molar-refractivity contribution in [3.05, 3.63) is 0 Å². The molecule has 0 bridgehead atoms. The van der Waals surface area contributed by atoms with Crippen LogP contribution in [0.4, 0.5) is 0 Å². The lowest BCUT2D eigenvalue weighted by Crippen LogP contribution is -2.27. The predicted molar refractivity (Wildman–Crippen MR) is 56.0 cm³/mol. The number of carbonyl (C=O) groups excluding carboxylic acids is 1. The van der Waals surface area contributed by atoms with Crippen LogP contribution in [0.15, 0.2) is 0 Å². The van der Waals surface area contributed by atoms with Gasteiger partial charge in [-0.15, -0.1) is 0 Å². The van der Waals surface area contributed by atoms with Gasteiger partial charge in [-0.3, -0.25) is 4.79 Å². The van der Waals surface area contributed by atoms with E-state index in [4.69, 9.17) is 4.74 Å². The summed E-state index contributed by atoms with van der Waals surface area (Å²) in [6, 6.07) is 0. The van der Waals surface area contributed by atoms with E-state index in [1.54, 1.807) is 6.92 Å². The average Bonchev–Trinajstić information content (AvgIpc) is 2.04. The van der Waals surface area contributed by atoms with Crippen molar-refractivity contribution >= 4 is 18.6 Å². The number of thiol groups is 1. The molecule has 0 N–H and O–H groups in total. The van der Waals surface area contributed by atoms with Crippen molar-refractivity contribution in [1.82, 2.24) is 0 Å². The minimum Gasteiger partial charge on any atom is -0.462 e. The van der Waals surface area contributed by atoms with Crippen LogP contribution in [-0.2, 0) is 9.53 Å². The summed E-state index contributed by atoms with van der Waals surface area (Å²) in [6.07, 6.45) is 4.64. The second kappa shape index (κ2) is 4.89. The zero-order valence-corrected chi connectivity index (χ0v) is 9.22. The maximum absolute atomic E-state index is 11.2. The van der Waals surface area contributed by atoms with E-state index in [1.165, 1.54) is 12.8 Å². The van der Waals surface area contributed by atoms with E-state index in [0.717, 1.165) is 12.8 Å². The Kier molecular flexibility index (Phi) is 4.10. The lowest BCUT2D eigenvalue weighted by atomic mass is 9.89. The zero-order chi connectivity index (χ0) is 9.84. The number of hydrogen-bond acceptors (Lipinski definition) is 3. The van der Waals surface area contributed by atoms with Gasteiger partial charge in [0.15, 0.2) is 0 Å². The summed E-state index contributed by atoms with van der Waals surface area (Å²) >= 11 is 4.04. The highest BCUT2D eigenvalue weighted by atomic mass is 32.1. The van der Waals surface area contributed by atoms with Gasteiger partial charge in [0, 0.05) is 0 Å². The van der Waals surface area contributed by atoms with E-state index < -0.39 is 0 Å². The molecule has 0 saturated heterocycles. The molecule has 76 valence electrons. The molecule has 0 radical (unpaired) electrons. The van der Waals surface area contributed by atoms with Crippen molar-refractivity contribution in [3.8, 4) is 0 Å². The lowest BCUT2D eigenvalue weighted by molar-refractivity contribution is -0.150. The van der Waals surface area contributed by atoms with Gasteiger partial charge in [0.2, 0.25) is 0 Å². The van der Waals surface area contributed by atoms with Gasteiger partial charge in [-0.1, -0.05) is 13.3 Å². The molecule has 1 aliphatic carbocycles. The van der Waals surface area contributed by atoms with Crippen molar-refractivity contribution < 1.29 is 9.53 Å². The summed E-state index contributed by atoms with van der Waals surface area (Å²) in [5.74, 6) is 0.518. The highest BCUT2D eigenvalue weighted by molar-refractivity contribution is 7.81. The molecule has 3 unspecified atom stereocenters. The molecule has 1 rings (SSSR count). The smallest absolute Gasteiger partial charge is 0.318 e. The van der Waals surface area contributed by atoms with Crippen LogP contribution in [0.3, 0.4) is 0 Å². The maximum atomic E-state index is 11.2. The van der Waals surface area contributed by atoms with Crippen LogP contribution in [0.25, 0.3) is 0 Å². The monoisotopic (exact) mass is 202 g/mol. The van der Waals surface area contributed by atoms with E-state index in [-0.39, 0.29) is 17.3 Å². The summed E-state index contributed by atoms with van der Waals surface area (Å²) in [7, 11) is 0. The van der Waals surface area contributed by atoms with Gasteiger partial charge in [-0.25, -0.2) is 0 Å². The second-order valence-electron chi connectivity index (χ2n) is 4.01. The average molecular weight is 202 g/mol. The third kappa shape index (κ3) is 3.59. The Hall–Kier alpha value is -0.180. The number of rotatable bonds is 2. The predicted octanol–water partition coefficient (Wildman–Crippen LogP) is 2.43. The van der Waals surface area contributed by atoms with Gasteiger partial charge in [0.1, 0.15) is 6.10 Å². The molecule has 13 heavy (non-hydrogen) atoms. The molecule has 2 nitrogen and oxygen atoms in total. The van der Waals surface area contributed by atoms with Crippen molar-refractivity contribution in [2.75, 3.05) is 0 Å². The molecule has 0 heterocycles. The highest BCUT2D eigenvalue weighted by Crippen LogP contribution is 2.26. The van der Waals surface area contributed by atoms with Crippen LogP contribution in [-0.4, -0.2) is 17.3 Å². The molecule has 1 saturated carbocycles. The minimum absolute atomic E-state index is 0.144. The van der Waals surface area contributed by atoms with Crippen LogP contribution in [0.5, 0.6) is 0 Å². The first kappa shape index (κ1) is 10.9. The fraction of sp³-hybridized carbons (Fsp3) is 0.900. The SMILES string of the molecule is CC1CCCC(OC(=O)C(C)S)C1. The Labute approximate surface area is 85.4 Å². The van der Waals surface area contributed by atoms with E-state index in [9.17, 15) is 4.79 Å². The quantitative estimate of drug-likeness (QED) is 0.550. The van der Waals surface area contributed by atoms with Gasteiger partial charge in [-0.05, 0) is 32.1 Å². The third-order valence-electron chi connectivity index (χ3n) is 2.51. The van der Waals surface area contributed by atoms with Crippen molar-refractivity contribution in [2.24, 2.45) is 5.92 Å². The largest absolute Gasteiger partial charge is 0.462 e. The Morgan fingerprint density at radius 2 is 2.23 bits per heavy atom. The Morgan fingerprint density at radius 1 is 1.54 bits per heavy atom. The van der Waals surface area contributed by atoms with E-state index in [0.29, 0.717) is 5.92 Å². The summed E-state index contributed by atoms with van der Waals surface area (Å²) < 4.78 is 5.31. The molecule has 0 amide bonds. The number of esters is 1. The van der Waals surface area contributed by atoms with Crippen LogP contribution in [0.2, 0.25) is 0 Å². The normalized spacial score (nSPS) is 31.0. The maximum Gasteiger partial charge on any atom is 0.318 e. The fourth-order valence-corrected chi connectivity index (χ4v) is 1.81. The van der Waals surface area contributed by atoms with Gasteiger partial charge < -0.3 is 4.74 Å². The molecule has 0 aliphatic heterocycles. The number of ether oxygens (including phenoxy) is 1. The van der Waals surface area contributed by atoms with Crippen molar-refractivity contribution in [1.29, 1.82) is 0 Å². The lowest BCUT2D eigenvalue weighted by Gasteiger charge is -2.26. The molecule has 0 spiro atoms. The summed E-state index contributed by atoms with van der Waals surface area (Å²) in [6.45, 7) is 3.96. The Balaban J connectivity index is 2.31. The summed E-state index contributed by atoms with van der Waals surface area (Å²) in [4.78, 5) is 11.2. The number of carbonyl (C=O) groups is 1.